The van der Waals surface area contributed by atoms with Crippen LogP contribution in [0.1, 0.15) is 39.0 Å². The molecule has 0 aromatic carbocycles. The van der Waals surface area contributed by atoms with Crippen molar-refractivity contribution in [2.45, 2.75) is 63.2 Å². The molecule has 5 nitrogen and oxygen atoms in total. The fourth-order valence-electron chi connectivity index (χ4n) is 2.12. The zero-order valence-corrected chi connectivity index (χ0v) is 15.1. The quantitative estimate of drug-likeness (QED) is 0.639. The predicted molar refractivity (Wildman–Crippen MR) is 80.1 cm³/mol. The van der Waals surface area contributed by atoms with E-state index in [9.17, 15) is 26.4 Å². The molecular formula is C12H24F3NO4SSi. The van der Waals surface area contributed by atoms with E-state index < -0.39 is 29.8 Å². The lowest BCUT2D eigenvalue weighted by Gasteiger charge is -2.30. The van der Waals surface area contributed by atoms with Crippen molar-refractivity contribution in [3.63, 3.8) is 0 Å². The first-order valence-electron chi connectivity index (χ1n) is 7.04. The molecule has 1 amide bonds. The molecule has 0 bridgehead atoms. The summed E-state index contributed by atoms with van der Waals surface area (Å²) in [6, 6.07) is 0. The number of hydrogen-bond acceptors (Lipinski definition) is 4. The van der Waals surface area contributed by atoms with E-state index in [-0.39, 0.29) is 12.0 Å². The molecule has 1 atom stereocenters. The Labute approximate surface area is 130 Å². The van der Waals surface area contributed by atoms with Crippen molar-refractivity contribution in [2.75, 3.05) is 7.11 Å². The molecule has 10 heteroatoms. The molecule has 0 aromatic rings. The highest BCUT2D eigenvalue weighted by molar-refractivity contribution is 7.90. The van der Waals surface area contributed by atoms with Crippen LogP contribution >= 0.6 is 0 Å². The standard InChI is InChI=1S/C12H24F3NO4SSi/c1-5-7-10(22(3,4)20-2)8-6-9-11(17)16-21(18,19)12(13,14)15/h10H,5-9H2,1-4H3,(H,16,17). The Morgan fingerprint density at radius 1 is 1.27 bits per heavy atom. The molecule has 0 saturated carbocycles. The van der Waals surface area contributed by atoms with Gasteiger partial charge in [0.05, 0.1) is 0 Å². The maximum atomic E-state index is 12.1. The molecule has 0 spiro atoms. The number of hydrogen-bond donors (Lipinski definition) is 1. The third-order valence-corrected chi connectivity index (χ3v) is 8.36. The van der Waals surface area contributed by atoms with E-state index >= 15 is 0 Å². The van der Waals surface area contributed by atoms with E-state index in [0.29, 0.717) is 12.8 Å². The fraction of sp³-hybridized carbons (Fsp3) is 0.917. The summed E-state index contributed by atoms with van der Waals surface area (Å²) in [6.07, 6.45) is 2.54. The van der Waals surface area contributed by atoms with Crippen LogP contribution in [0.2, 0.25) is 18.6 Å². The summed E-state index contributed by atoms with van der Waals surface area (Å²) >= 11 is 0. The summed E-state index contributed by atoms with van der Waals surface area (Å²) in [5.41, 5.74) is -5.20. The van der Waals surface area contributed by atoms with Crippen molar-refractivity contribution in [3.8, 4) is 0 Å². The SMILES string of the molecule is CCCC(CCCC(=O)NS(=O)(=O)C(F)(F)F)[Si](C)(C)OC. The second-order valence-electron chi connectivity index (χ2n) is 5.66. The average molecular weight is 363 g/mol. The van der Waals surface area contributed by atoms with Gasteiger partial charge in [-0.05, 0) is 25.1 Å². The zero-order chi connectivity index (χ0) is 17.6. The Bertz CT molecular complexity index is 465. The Kier molecular flexibility index (Phi) is 8.07. The van der Waals surface area contributed by atoms with Crippen LogP contribution in [0.3, 0.4) is 0 Å². The molecular weight excluding hydrogens is 339 g/mol. The third kappa shape index (κ3) is 6.65. The van der Waals surface area contributed by atoms with Crippen LogP contribution in [-0.4, -0.2) is 35.3 Å². The maximum absolute atomic E-state index is 12.1. The highest BCUT2D eigenvalue weighted by atomic mass is 32.2. The highest BCUT2D eigenvalue weighted by Gasteiger charge is 2.46. The van der Waals surface area contributed by atoms with E-state index in [2.05, 4.69) is 0 Å². The molecule has 0 rings (SSSR count). The highest BCUT2D eigenvalue weighted by Crippen LogP contribution is 2.32. The van der Waals surface area contributed by atoms with Crippen LogP contribution in [0.5, 0.6) is 0 Å². The van der Waals surface area contributed by atoms with Crippen molar-refractivity contribution in [2.24, 2.45) is 0 Å². The van der Waals surface area contributed by atoms with E-state index in [0.717, 1.165) is 17.6 Å². The second kappa shape index (κ2) is 8.30. The molecule has 132 valence electrons. The van der Waals surface area contributed by atoms with Gasteiger partial charge in [-0.3, -0.25) is 4.79 Å². The number of halogens is 3. The van der Waals surface area contributed by atoms with Crippen LogP contribution in [0.4, 0.5) is 13.2 Å². The van der Waals surface area contributed by atoms with Crippen molar-refractivity contribution in [1.82, 2.24) is 4.72 Å². The molecule has 0 aromatic heterocycles. The Balaban J connectivity index is 4.48. The molecule has 0 aliphatic carbocycles. The van der Waals surface area contributed by atoms with Crippen LogP contribution < -0.4 is 4.72 Å². The number of carbonyl (C=O) groups excluding carboxylic acids is 1. The predicted octanol–water partition coefficient (Wildman–Crippen LogP) is 3.14. The molecule has 0 radical (unpaired) electrons. The topological polar surface area (TPSA) is 72.5 Å². The summed E-state index contributed by atoms with van der Waals surface area (Å²) < 4.78 is 64.6. The van der Waals surface area contributed by atoms with Gasteiger partial charge in [0.15, 0.2) is 8.32 Å². The largest absolute Gasteiger partial charge is 0.516 e. The van der Waals surface area contributed by atoms with Crippen molar-refractivity contribution in [3.05, 3.63) is 0 Å². The minimum atomic E-state index is -5.61. The normalized spacial score (nSPS) is 14.7. The summed E-state index contributed by atoms with van der Waals surface area (Å²) in [6.45, 7) is 6.11. The van der Waals surface area contributed by atoms with Gasteiger partial charge in [-0.1, -0.05) is 26.2 Å². The van der Waals surface area contributed by atoms with Crippen LogP contribution in [0.15, 0.2) is 0 Å². The number of nitrogens with one attached hydrogen (secondary N) is 1. The van der Waals surface area contributed by atoms with Gasteiger partial charge in [0.1, 0.15) is 0 Å². The van der Waals surface area contributed by atoms with E-state index in [4.69, 9.17) is 4.43 Å². The van der Waals surface area contributed by atoms with E-state index in [1.54, 1.807) is 7.11 Å². The van der Waals surface area contributed by atoms with Gasteiger partial charge in [0.25, 0.3) is 0 Å². The Morgan fingerprint density at radius 3 is 2.23 bits per heavy atom. The maximum Gasteiger partial charge on any atom is 0.516 e. The van der Waals surface area contributed by atoms with Gasteiger partial charge >= 0.3 is 15.5 Å². The Morgan fingerprint density at radius 2 is 1.82 bits per heavy atom. The molecule has 0 fully saturated rings. The Hall–Kier alpha value is -0.613. The molecule has 22 heavy (non-hydrogen) atoms. The smallest absolute Gasteiger partial charge is 0.420 e. The van der Waals surface area contributed by atoms with Gasteiger partial charge in [-0.2, -0.15) is 21.6 Å². The zero-order valence-electron chi connectivity index (χ0n) is 13.3. The molecule has 0 aliphatic heterocycles. The first-order chi connectivity index (χ1) is 9.87. The van der Waals surface area contributed by atoms with Crippen molar-refractivity contribution >= 4 is 24.2 Å². The molecule has 0 heterocycles. The number of amides is 1. The summed E-state index contributed by atoms with van der Waals surface area (Å²) in [4.78, 5) is 11.4. The third-order valence-electron chi connectivity index (χ3n) is 3.66. The number of sulfonamides is 1. The first-order valence-corrected chi connectivity index (χ1v) is 11.5. The van der Waals surface area contributed by atoms with Gasteiger partial charge in [-0.15, -0.1) is 0 Å². The molecule has 0 aliphatic rings. The summed E-state index contributed by atoms with van der Waals surface area (Å²) in [7, 11) is -5.88. The second-order valence-corrected chi connectivity index (χ2v) is 11.8. The first kappa shape index (κ1) is 21.4. The van der Waals surface area contributed by atoms with Gasteiger partial charge < -0.3 is 4.43 Å². The number of rotatable bonds is 9. The summed E-state index contributed by atoms with van der Waals surface area (Å²) in [5.74, 6) is -1.13. The number of carbonyl (C=O) groups is 1. The van der Waals surface area contributed by atoms with E-state index in [1.165, 1.54) is 0 Å². The number of alkyl halides is 3. The fourth-order valence-corrected chi connectivity index (χ4v) is 4.86. The van der Waals surface area contributed by atoms with Gasteiger partial charge in [0, 0.05) is 13.5 Å². The van der Waals surface area contributed by atoms with Crippen LogP contribution in [0.25, 0.3) is 0 Å². The minimum absolute atomic E-state index is 0.260. The van der Waals surface area contributed by atoms with Gasteiger partial charge in [0.2, 0.25) is 5.91 Å². The van der Waals surface area contributed by atoms with Gasteiger partial charge in [-0.25, -0.2) is 4.72 Å². The van der Waals surface area contributed by atoms with E-state index in [1.807, 2.05) is 20.0 Å². The monoisotopic (exact) mass is 363 g/mol. The molecule has 0 saturated heterocycles. The van der Waals surface area contributed by atoms with Crippen molar-refractivity contribution in [1.29, 1.82) is 0 Å². The van der Waals surface area contributed by atoms with Crippen LogP contribution in [0, 0.1) is 0 Å². The summed E-state index contributed by atoms with van der Waals surface area (Å²) in [5, 5.41) is 0. The molecule has 1 N–H and O–H groups in total. The average Bonchev–Trinajstić information content (AvgIpc) is 2.35. The van der Waals surface area contributed by atoms with Crippen LogP contribution in [-0.2, 0) is 19.2 Å². The lowest BCUT2D eigenvalue weighted by Crippen LogP contribution is -2.40. The molecule has 1 unspecified atom stereocenters. The lowest BCUT2D eigenvalue weighted by molar-refractivity contribution is -0.120. The minimum Gasteiger partial charge on any atom is -0.420 e. The lowest BCUT2D eigenvalue weighted by atomic mass is 10.1. The van der Waals surface area contributed by atoms with Crippen molar-refractivity contribution < 1.29 is 30.8 Å².